The van der Waals surface area contributed by atoms with Crippen molar-refractivity contribution in [3.8, 4) is 0 Å². The van der Waals surface area contributed by atoms with Crippen LogP contribution >= 0.6 is 0 Å². The quantitative estimate of drug-likeness (QED) is 0.534. The second kappa shape index (κ2) is 4.00. The van der Waals surface area contributed by atoms with Gasteiger partial charge in [0.15, 0.2) is 0 Å². The van der Waals surface area contributed by atoms with E-state index in [1.54, 1.807) is 0 Å². The van der Waals surface area contributed by atoms with Crippen molar-refractivity contribution in [1.82, 2.24) is 0 Å². The Kier molecular flexibility index (Phi) is 3.22. The summed E-state index contributed by atoms with van der Waals surface area (Å²) in [6.45, 7) is 9.35. The Morgan fingerprint density at radius 1 is 1.44 bits per heavy atom. The first-order chi connectivity index (χ1) is 7.19. The van der Waals surface area contributed by atoms with Gasteiger partial charge in [-0.15, -0.1) is 0 Å². The highest BCUT2D eigenvalue weighted by Crippen LogP contribution is 2.39. The van der Waals surface area contributed by atoms with Gasteiger partial charge in [-0.05, 0) is 32.8 Å². The number of nitrogens with zero attached hydrogens (tertiary/aromatic N) is 2. The van der Waals surface area contributed by atoms with Gasteiger partial charge < -0.3 is 20.1 Å². The first kappa shape index (κ1) is 12.9. The maximum absolute atomic E-state index is 10.5. The number of carboxylic acid groups (broad SMARTS) is 1. The molecule has 4 nitrogen and oxygen atoms in total. The molecule has 0 radical (unpaired) electrons. The van der Waals surface area contributed by atoms with E-state index >= 15 is 0 Å². The number of carboxylic acids is 1. The minimum Gasteiger partial charge on any atom is -0.545 e. The molecule has 1 saturated heterocycles. The molecule has 1 aliphatic heterocycles. The highest BCUT2D eigenvalue weighted by Gasteiger charge is 2.48. The van der Waals surface area contributed by atoms with Crippen LogP contribution in [0.1, 0.15) is 46.5 Å². The number of aliphatic carboxylic acids is 1. The van der Waals surface area contributed by atoms with Gasteiger partial charge >= 0.3 is 0 Å². The fourth-order valence-corrected chi connectivity index (χ4v) is 2.27. The van der Waals surface area contributed by atoms with Crippen molar-refractivity contribution in [2.24, 2.45) is 0 Å². The van der Waals surface area contributed by atoms with Gasteiger partial charge in [-0.2, -0.15) is 0 Å². The zero-order valence-corrected chi connectivity index (χ0v) is 10.2. The fraction of sp³-hybridized carbons (Fsp3) is 0.750. The van der Waals surface area contributed by atoms with Crippen LogP contribution < -0.4 is 5.11 Å². The van der Waals surface area contributed by atoms with E-state index in [0.717, 1.165) is 12.8 Å². The predicted octanol–water partition coefficient (Wildman–Crippen LogP) is 1.44. The largest absolute Gasteiger partial charge is 0.545 e. The highest BCUT2D eigenvalue weighted by atomic mass is 16.4. The van der Waals surface area contributed by atoms with E-state index < -0.39 is 5.97 Å². The Morgan fingerprint density at radius 3 is 2.38 bits per heavy atom. The molecule has 0 amide bonds. The smallest absolute Gasteiger partial charge is 0.149 e. The molecule has 0 aliphatic carbocycles. The summed E-state index contributed by atoms with van der Waals surface area (Å²) in [7, 11) is 0. The molecule has 4 heteroatoms. The molecule has 1 rings (SSSR count). The van der Waals surface area contributed by atoms with Gasteiger partial charge in [0.1, 0.15) is 11.1 Å². The highest BCUT2D eigenvalue weighted by molar-refractivity contribution is 5.83. The fourth-order valence-electron chi connectivity index (χ4n) is 2.27. The zero-order chi connectivity index (χ0) is 12.6. The second-order valence-corrected chi connectivity index (χ2v) is 5.51. The van der Waals surface area contributed by atoms with Crippen LogP contribution in [0.3, 0.4) is 0 Å². The lowest BCUT2D eigenvalue weighted by Crippen LogP contribution is -2.40. The molecule has 0 aromatic rings. The van der Waals surface area contributed by atoms with Crippen LogP contribution in [0, 0.1) is 0 Å². The molecule has 1 aliphatic rings. The lowest BCUT2D eigenvalue weighted by Gasteiger charge is -2.29. The van der Waals surface area contributed by atoms with Gasteiger partial charge in [0.2, 0.25) is 0 Å². The summed E-state index contributed by atoms with van der Waals surface area (Å²) in [6.07, 6.45) is 2.69. The van der Waals surface area contributed by atoms with Crippen LogP contribution in [0.25, 0.3) is 5.53 Å². The van der Waals surface area contributed by atoms with Crippen molar-refractivity contribution >= 4 is 5.97 Å². The third-order valence-corrected chi connectivity index (χ3v) is 3.61. The van der Waals surface area contributed by atoms with Gasteiger partial charge in [0.25, 0.3) is 0 Å². The Labute approximate surface area is 96.5 Å². The average Bonchev–Trinajstić information content (AvgIpc) is 2.40. The minimum atomic E-state index is -1.20. The molecule has 0 N–H and O–H groups in total. The van der Waals surface area contributed by atoms with Crippen LogP contribution in [0.2, 0.25) is 0 Å². The summed E-state index contributed by atoms with van der Waals surface area (Å²) in [5.74, 6) is -1.20. The second-order valence-electron chi connectivity index (χ2n) is 5.51. The van der Waals surface area contributed by atoms with E-state index in [9.17, 15) is 15.4 Å². The molecule has 90 valence electrons. The topological polar surface area (TPSA) is 65.4 Å². The van der Waals surface area contributed by atoms with E-state index in [-0.39, 0.29) is 16.7 Å². The van der Waals surface area contributed by atoms with E-state index in [4.69, 9.17) is 0 Å². The van der Waals surface area contributed by atoms with E-state index in [1.165, 1.54) is 4.70 Å². The van der Waals surface area contributed by atoms with E-state index in [1.807, 2.05) is 20.8 Å². The first-order valence-corrected chi connectivity index (χ1v) is 5.57. The van der Waals surface area contributed by atoms with Crippen LogP contribution in [0.5, 0.6) is 0 Å². The van der Waals surface area contributed by atoms with Crippen LogP contribution in [-0.2, 0) is 4.79 Å². The maximum Gasteiger partial charge on any atom is 0.149 e. The normalized spacial score (nSPS) is 28.1. The number of carbonyl (C=O) groups excluding carboxylic acids is 1. The molecule has 0 saturated carbocycles. The zero-order valence-electron chi connectivity index (χ0n) is 10.2. The first-order valence-electron chi connectivity index (χ1n) is 5.57. The van der Waals surface area contributed by atoms with Crippen molar-refractivity contribution in [3.05, 3.63) is 17.7 Å². The van der Waals surface area contributed by atoms with Crippen LogP contribution in [-0.4, -0.2) is 21.7 Å². The van der Waals surface area contributed by atoms with Crippen molar-refractivity contribution in [2.75, 3.05) is 0 Å². The number of hydrogen-bond donors (Lipinski definition) is 0. The summed E-state index contributed by atoms with van der Waals surface area (Å²) < 4.78 is 1.36. The van der Waals surface area contributed by atoms with Gasteiger partial charge in [0, 0.05) is 19.3 Å². The van der Waals surface area contributed by atoms with Gasteiger partial charge in [-0.3, -0.25) is 0 Å². The molecular weight excluding hydrogens is 204 g/mol. The average molecular weight is 223 g/mol. The Bertz CT molecular complexity index is 347. The SMILES string of the molecule is C=C(CCC1(C)CCC(C)(C)[N+]1=[N-])C(=O)[O-]. The maximum atomic E-state index is 10.5. The summed E-state index contributed by atoms with van der Waals surface area (Å²) in [6, 6.07) is 0. The summed E-state index contributed by atoms with van der Waals surface area (Å²) in [5, 5.41) is 10.5. The lowest BCUT2D eigenvalue weighted by atomic mass is 9.92. The third kappa shape index (κ3) is 2.31. The molecule has 16 heavy (non-hydrogen) atoms. The number of hydrogen-bond acceptors (Lipinski definition) is 2. The molecule has 0 aromatic carbocycles. The molecule has 0 aromatic heterocycles. The molecule has 1 unspecified atom stereocenters. The van der Waals surface area contributed by atoms with E-state index in [0.29, 0.717) is 12.8 Å². The van der Waals surface area contributed by atoms with E-state index in [2.05, 4.69) is 6.58 Å². The Balaban J connectivity index is 2.65. The van der Waals surface area contributed by atoms with Crippen LogP contribution in [0.4, 0.5) is 0 Å². The van der Waals surface area contributed by atoms with Crippen molar-refractivity contribution in [2.45, 2.75) is 57.5 Å². The Hall–Kier alpha value is -1.19. The standard InChI is InChI=1S/C12H20N2O2/c1-9(10(15)16)5-6-12(4)8-7-11(2,3)14(12)13/h1,5-8H2,2-4H3,(H,15,16)/p-1. The van der Waals surface area contributed by atoms with Crippen LogP contribution in [0.15, 0.2) is 12.2 Å². The van der Waals surface area contributed by atoms with Crippen molar-refractivity contribution in [1.29, 1.82) is 0 Å². The van der Waals surface area contributed by atoms with Gasteiger partial charge in [0.05, 0.1) is 5.97 Å². The summed E-state index contributed by atoms with van der Waals surface area (Å²) in [5.41, 5.74) is 9.57. The molecule has 1 atom stereocenters. The number of rotatable bonds is 4. The van der Waals surface area contributed by atoms with Gasteiger partial charge in [-0.25, -0.2) is 0 Å². The minimum absolute atomic E-state index is 0.0966. The molecule has 1 heterocycles. The lowest BCUT2D eigenvalue weighted by molar-refractivity contribution is -0.662. The molecule has 1 fully saturated rings. The predicted molar refractivity (Wildman–Crippen MR) is 58.7 cm³/mol. The van der Waals surface area contributed by atoms with Gasteiger partial charge in [-0.1, -0.05) is 6.58 Å². The Morgan fingerprint density at radius 2 is 2.00 bits per heavy atom. The number of carbonyl (C=O) groups is 1. The summed E-state index contributed by atoms with van der Waals surface area (Å²) >= 11 is 0. The summed E-state index contributed by atoms with van der Waals surface area (Å²) in [4.78, 5) is 10.5. The molecule has 0 bridgehead atoms. The van der Waals surface area contributed by atoms with Crippen molar-refractivity contribution < 1.29 is 14.6 Å². The molecular formula is C12H19N2O2-. The molecule has 0 spiro atoms. The third-order valence-electron chi connectivity index (χ3n) is 3.61. The monoisotopic (exact) mass is 223 g/mol. The van der Waals surface area contributed by atoms with Crippen molar-refractivity contribution in [3.63, 3.8) is 0 Å².